The highest BCUT2D eigenvalue weighted by Gasteiger charge is 2.35. The van der Waals surface area contributed by atoms with Crippen LogP contribution in [0.5, 0.6) is 5.88 Å². The van der Waals surface area contributed by atoms with Gasteiger partial charge in [0.2, 0.25) is 5.88 Å². The van der Waals surface area contributed by atoms with E-state index in [1.54, 1.807) is 30.5 Å². The van der Waals surface area contributed by atoms with Crippen LogP contribution < -0.4 is 15.8 Å². The molecule has 2 atom stereocenters. The standard InChI is InChI=1S/C16H18N4O3/c1-23-13-3-2-11-14(20-13)12(6-9-18-11)19-15(21)16(22)7-4-10(17)5-8-16/h2-4,6-7,9-10,22H,5,8,17H2,1H3,(H,18,19,21)/t10-,16+/m0/s1. The number of rotatable bonds is 3. The lowest BCUT2D eigenvalue weighted by atomic mass is 9.88. The molecule has 0 spiro atoms. The van der Waals surface area contributed by atoms with Crippen molar-refractivity contribution in [2.75, 3.05) is 12.4 Å². The number of nitrogens with zero attached hydrogens (tertiary/aromatic N) is 2. The lowest BCUT2D eigenvalue weighted by Crippen LogP contribution is -2.44. The van der Waals surface area contributed by atoms with Crippen LogP contribution in [0.15, 0.2) is 36.5 Å². The second-order valence-electron chi connectivity index (χ2n) is 5.52. The Kier molecular flexibility index (Phi) is 3.97. The van der Waals surface area contributed by atoms with Crippen molar-refractivity contribution in [3.63, 3.8) is 0 Å². The highest BCUT2D eigenvalue weighted by molar-refractivity contribution is 6.03. The Balaban J connectivity index is 1.92. The third kappa shape index (κ3) is 3.01. The molecule has 0 aliphatic heterocycles. The van der Waals surface area contributed by atoms with Crippen molar-refractivity contribution in [3.05, 3.63) is 36.5 Å². The first-order valence-electron chi connectivity index (χ1n) is 7.30. The van der Waals surface area contributed by atoms with Crippen LogP contribution in [0.4, 0.5) is 5.69 Å². The van der Waals surface area contributed by atoms with Crippen LogP contribution in [0.25, 0.3) is 11.0 Å². The number of aliphatic hydroxyl groups is 1. The molecule has 7 heteroatoms. The average molecular weight is 314 g/mol. The van der Waals surface area contributed by atoms with Gasteiger partial charge in [0.15, 0.2) is 5.60 Å². The van der Waals surface area contributed by atoms with E-state index in [0.29, 0.717) is 29.0 Å². The maximum Gasteiger partial charge on any atom is 0.260 e. The molecular weight excluding hydrogens is 296 g/mol. The van der Waals surface area contributed by atoms with Crippen molar-refractivity contribution in [2.24, 2.45) is 5.73 Å². The Morgan fingerprint density at radius 3 is 3.00 bits per heavy atom. The SMILES string of the molecule is COc1ccc2nccc(NC(=O)[C@@]3(O)C=C[C@H](N)CC3)c2n1. The van der Waals surface area contributed by atoms with Gasteiger partial charge in [-0.3, -0.25) is 9.78 Å². The third-order valence-corrected chi connectivity index (χ3v) is 3.89. The first kappa shape index (κ1) is 15.4. The van der Waals surface area contributed by atoms with Gasteiger partial charge in [-0.05, 0) is 31.1 Å². The van der Waals surface area contributed by atoms with Crippen LogP contribution in [0.2, 0.25) is 0 Å². The fourth-order valence-electron chi connectivity index (χ4n) is 2.49. The summed E-state index contributed by atoms with van der Waals surface area (Å²) in [5.74, 6) is -0.0963. The first-order chi connectivity index (χ1) is 11.0. The molecule has 0 radical (unpaired) electrons. The van der Waals surface area contributed by atoms with Gasteiger partial charge in [-0.2, -0.15) is 0 Å². The number of carbonyl (C=O) groups is 1. The minimum atomic E-state index is -1.57. The van der Waals surface area contributed by atoms with Gasteiger partial charge in [0.1, 0.15) is 5.52 Å². The number of hydrogen-bond acceptors (Lipinski definition) is 6. The summed E-state index contributed by atoms with van der Waals surface area (Å²) in [7, 11) is 1.52. The monoisotopic (exact) mass is 314 g/mol. The quantitative estimate of drug-likeness (QED) is 0.729. The summed E-state index contributed by atoms with van der Waals surface area (Å²) < 4.78 is 5.10. The summed E-state index contributed by atoms with van der Waals surface area (Å²) in [5.41, 5.74) is 5.78. The largest absolute Gasteiger partial charge is 0.481 e. The molecule has 1 aliphatic rings. The topological polar surface area (TPSA) is 110 Å². The summed E-state index contributed by atoms with van der Waals surface area (Å²) in [6.07, 6.45) is 5.49. The van der Waals surface area contributed by atoms with E-state index >= 15 is 0 Å². The minimum absolute atomic E-state index is 0.129. The maximum absolute atomic E-state index is 12.5. The zero-order valence-electron chi connectivity index (χ0n) is 12.7. The molecule has 120 valence electrons. The molecule has 0 saturated carbocycles. The Labute approximate surface area is 133 Å². The molecule has 2 aromatic heterocycles. The third-order valence-electron chi connectivity index (χ3n) is 3.89. The van der Waals surface area contributed by atoms with Crippen molar-refractivity contribution in [3.8, 4) is 5.88 Å². The number of anilines is 1. The maximum atomic E-state index is 12.5. The van der Waals surface area contributed by atoms with E-state index in [1.807, 2.05) is 0 Å². The number of hydrogen-bond donors (Lipinski definition) is 3. The van der Waals surface area contributed by atoms with Gasteiger partial charge in [0.05, 0.1) is 18.3 Å². The van der Waals surface area contributed by atoms with Crippen LogP contribution in [-0.2, 0) is 4.79 Å². The van der Waals surface area contributed by atoms with Gasteiger partial charge in [0, 0.05) is 18.3 Å². The predicted molar refractivity (Wildman–Crippen MR) is 86.0 cm³/mol. The summed E-state index contributed by atoms with van der Waals surface area (Å²) in [5, 5.41) is 13.2. The van der Waals surface area contributed by atoms with Gasteiger partial charge in [-0.25, -0.2) is 4.98 Å². The van der Waals surface area contributed by atoms with Crippen LogP contribution in [0.1, 0.15) is 12.8 Å². The normalized spacial score (nSPS) is 23.7. The van der Waals surface area contributed by atoms with Gasteiger partial charge < -0.3 is 20.9 Å². The first-order valence-corrected chi connectivity index (χ1v) is 7.30. The Morgan fingerprint density at radius 2 is 2.30 bits per heavy atom. The smallest absolute Gasteiger partial charge is 0.260 e. The lowest BCUT2D eigenvalue weighted by Gasteiger charge is -2.28. The van der Waals surface area contributed by atoms with Gasteiger partial charge >= 0.3 is 0 Å². The number of carbonyl (C=O) groups excluding carboxylic acids is 1. The van der Waals surface area contributed by atoms with E-state index in [-0.39, 0.29) is 12.5 Å². The number of nitrogens with two attached hydrogens (primary N) is 1. The van der Waals surface area contributed by atoms with Crippen LogP contribution in [0.3, 0.4) is 0 Å². The molecule has 1 aliphatic carbocycles. The summed E-state index contributed by atoms with van der Waals surface area (Å²) in [6.45, 7) is 0. The van der Waals surface area contributed by atoms with Crippen molar-refractivity contribution in [2.45, 2.75) is 24.5 Å². The van der Waals surface area contributed by atoms with Gasteiger partial charge in [-0.1, -0.05) is 6.08 Å². The summed E-state index contributed by atoms with van der Waals surface area (Å²) >= 11 is 0. The molecular formula is C16H18N4O3. The Morgan fingerprint density at radius 1 is 1.48 bits per heavy atom. The second kappa shape index (κ2) is 5.94. The van der Waals surface area contributed by atoms with Gasteiger partial charge in [-0.15, -0.1) is 0 Å². The van der Waals surface area contributed by atoms with Gasteiger partial charge in [0.25, 0.3) is 5.91 Å². The molecule has 0 bridgehead atoms. The molecule has 0 fully saturated rings. The number of pyridine rings is 2. The van der Waals surface area contributed by atoms with Crippen molar-refractivity contribution >= 4 is 22.6 Å². The average Bonchev–Trinajstić information content (AvgIpc) is 2.57. The van der Waals surface area contributed by atoms with Crippen molar-refractivity contribution in [1.29, 1.82) is 0 Å². The van der Waals surface area contributed by atoms with Crippen LogP contribution in [0, 0.1) is 0 Å². The van der Waals surface area contributed by atoms with E-state index in [1.165, 1.54) is 13.2 Å². The fourth-order valence-corrected chi connectivity index (χ4v) is 2.49. The fraction of sp³-hybridized carbons (Fsp3) is 0.312. The number of nitrogens with one attached hydrogen (secondary N) is 1. The molecule has 0 unspecified atom stereocenters. The molecule has 0 aromatic carbocycles. The Hall–Kier alpha value is -2.51. The number of aromatic nitrogens is 2. The molecule has 4 N–H and O–H groups in total. The van der Waals surface area contributed by atoms with E-state index < -0.39 is 11.5 Å². The summed E-state index contributed by atoms with van der Waals surface area (Å²) in [6, 6.07) is 4.95. The van der Waals surface area contributed by atoms with E-state index in [4.69, 9.17) is 10.5 Å². The van der Waals surface area contributed by atoms with Crippen molar-refractivity contribution < 1.29 is 14.6 Å². The summed E-state index contributed by atoms with van der Waals surface area (Å²) in [4.78, 5) is 21.0. The zero-order valence-corrected chi connectivity index (χ0v) is 12.7. The predicted octanol–water partition coefficient (Wildman–Crippen LogP) is 0.985. The molecule has 2 heterocycles. The van der Waals surface area contributed by atoms with Crippen LogP contribution in [-0.4, -0.2) is 39.7 Å². The van der Waals surface area contributed by atoms with Crippen LogP contribution >= 0.6 is 0 Å². The number of ether oxygens (including phenoxy) is 1. The minimum Gasteiger partial charge on any atom is -0.481 e. The molecule has 1 amide bonds. The molecule has 0 saturated heterocycles. The number of amides is 1. The second-order valence-corrected chi connectivity index (χ2v) is 5.52. The molecule has 2 aromatic rings. The number of methoxy groups -OCH3 is 1. The zero-order chi connectivity index (χ0) is 16.4. The highest BCUT2D eigenvalue weighted by Crippen LogP contribution is 2.26. The molecule has 7 nitrogen and oxygen atoms in total. The number of fused-ring (bicyclic) bond motifs is 1. The highest BCUT2D eigenvalue weighted by atomic mass is 16.5. The Bertz CT molecular complexity index is 777. The van der Waals surface area contributed by atoms with Crippen molar-refractivity contribution in [1.82, 2.24) is 9.97 Å². The molecule has 23 heavy (non-hydrogen) atoms. The lowest BCUT2D eigenvalue weighted by molar-refractivity contribution is -0.130. The van der Waals surface area contributed by atoms with E-state index in [2.05, 4.69) is 15.3 Å². The van der Waals surface area contributed by atoms with E-state index in [0.717, 1.165) is 0 Å². The van der Waals surface area contributed by atoms with E-state index in [9.17, 15) is 9.90 Å². The molecule has 3 rings (SSSR count).